The molecule has 7 heteroatoms. The molecule has 0 heterocycles. The summed E-state index contributed by atoms with van der Waals surface area (Å²) in [5.74, 6) is -5.32. The normalized spacial score (nSPS) is 13.6. The molecule has 0 aromatic heterocycles. The zero-order valence-electron chi connectivity index (χ0n) is 11.0. The summed E-state index contributed by atoms with van der Waals surface area (Å²) in [5.41, 5.74) is -0.532. The van der Waals surface area contributed by atoms with Crippen molar-refractivity contribution in [2.24, 2.45) is 5.92 Å². The second-order valence-electron chi connectivity index (χ2n) is 4.48. The van der Waals surface area contributed by atoms with Crippen molar-refractivity contribution in [3.63, 3.8) is 0 Å². The molecule has 1 rings (SSSR count). The molecule has 2 unspecified atom stereocenters. The lowest BCUT2D eigenvalue weighted by atomic mass is 10.1. The molecule has 0 fully saturated rings. The first-order chi connectivity index (χ1) is 9.25. The number of para-hydroxylation sites is 1. The number of hydrogen-bond acceptors (Lipinski definition) is 3. The molecular weight excluding hydrogens is 272 g/mol. The van der Waals surface area contributed by atoms with Crippen LogP contribution in [-0.2, 0) is 9.59 Å². The van der Waals surface area contributed by atoms with Gasteiger partial charge in [0.05, 0.1) is 5.92 Å². The third kappa shape index (κ3) is 3.43. The van der Waals surface area contributed by atoms with E-state index in [2.05, 4.69) is 0 Å². The average Bonchev–Trinajstić information content (AvgIpc) is 2.35. The van der Waals surface area contributed by atoms with Crippen LogP contribution in [0.5, 0.6) is 0 Å². The molecule has 110 valence electrons. The van der Waals surface area contributed by atoms with E-state index in [1.165, 1.54) is 13.8 Å². The van der Waals surface area contributed by atoms with Crippen LogP contribution in [0.3, 0.4) is 0 Å². The topological polar surface area (TPSA) is 77.8 Å². The van der Waals surface area contributed by atoms with Crippen molar-refractivity contribution in [1.29, 1.82) is 0 Å². The molecule has 0 aliphatic heterocycles. The lowest BCUT2D eigenvalue weighted by Gasteiger charge is -2.30. The molecule has 0 saturated heterocycles. The van der Waals surface area contributed by atoms with Crippen LogP contribution in [0.15, 0.2) is 18.2 Å². The predicted octanol–water partition coefficient (Wildman–Crippen LogP) is 1.96. The molecule has 0 radical (unpaired) electrons. The van der Waals surface area contributed by atoms with Crippen molar-refractivity contribution in [2.75, 3.05) is 11.4 Å². The van der Waals surface area contributed by atoms with Gasteiger partial charge in [0.25, 0.3) is 0 Å². The summed E-state index contributed by atoms with van der Waals surface area (Å²) in [6.07, 6.45) is 0. The Hall–Kier alpha value is -2.18. The van der Waals surface area contributed by atoms with E-state index in [0.717, 1.165) is 23.1 Å². The van der Waals surface area contributed by atoms with Gasteiger partial charge in [-0.25, -0.2) is 13.6 Å². The molecule has 20 heavy (non-hydrogen) atoms. The second-order valence-corrected chi connectivity index (χ2v) is 4.48. The number of rotatable bonds is 6. The van der Waals surface area contributed by atoms with Crippen LogP contribution in [0.2, 0.25) is 0 Å². The second kappa shape index (κ2) is 6.31. The molecule has 5 nitrogen and oxygen atoms in total. The minimum absolute atomic E-state index is 0.319. The lowest BCUT2D eigenvalue weighted by Crippen LogP contribution is -2.43. The third-order valence-corrected chi connectivity index (χ3v) is 2.94. The first-order valence-corrected chi connectivity index (χ1v) is 5.92. The van der Waals surface area contributed by atoms with E-state index >= 15 is 0 Å². The zero-order valence-corrected chi connectivity index (χ0v) is 11.0. The highest BCUT2D eigenvalue weighted by Gasteiger charge is 2.29. The summed E-state index contributed by atoms with van der Waals surface area (Å²) in [4.78, 5) is 22.8. The van der Waals surface area contributed by atoms with Gasteiger partial charge in [0.15, 0.2) is 0 Å². The maximum absolute atomic E-state index is 13.8. The van der Waals surface area contributed by atoms with Gasteiger partial charge >= 0.3 is 11.9 Å². The number of aliphatic carboxylic acids is 2. The monoisotopic (exact) mass is 287 g/mol. The van der Waals surface area contributed by atoms with Crippen molar-refractivity contribution in [3.8, 4) is 0 Å². The quantitative estimate of drug-likeness (QED) is 0.836. The van der Waals surface area contributed by atoms with Crippen molar-refractivity contribution in [1.82, 2.24) is 0 Å². The van der Waals surface area contributed by atoms with Crippen LogP contribution in [0.1, 0.15) is 13.8 Å². The fourth-order valence-corrected chi connectivity index (χ4v) is 1.71. The Labute approximate surface area is 114 Å². The predicted molar refractivity (Wildman–Crippen MR) is 67.6 cm³/mol. The number of benzene rings is 1. The summed E-state index contributed by atoms with van der Waals surface area (Å²) >= 11 is 0. The average molecular weight is 287 g/mol. The number of carboxylic acid groups (broad SMARTS) is 2. The molecule has 2 atom stereocenters. The van der Waals surface area contributed by atoms with Crippen LogP contribution in [0.4, 0.5) is 14.5 Å². The Bertz CT molecular complexity index is 501. The third-order valence-electron chi connectivity index (χ3n) is 2.94. The van der Waals surface area contributed by atoms with Crippen LogP contribution >= 0.6 is 0 Å². The van der Waals surface area contributed by atoms with E-state index in [1.54, 1.807) is 0 Å². The minimum Gasteiger partial charge on any atom is -0.481 e. The Balaban J connectivity index is 3.23. The van der Waals surface area contributed by atoms with E-state index in [1.807, 2.05) is 0 Å². The van der Waals surface area contributed by atoms with Crippen LogP contribution in [0.25, 0.3) is 0 Å². The number of hydrogen-bond donors (Lipinski definition) is 2. The molecule has 0 saturated carbocycles. The van der Waals surface area contributed by atoms with E-state index in [4.69, 9.17) is 10.2 Å². The Morgan fingerprint density at radius 1 is 1.15 bits per heavy atom. The zero-order chi connectivity index (χ0) is 15.4. The van der Waals surface area contributed by atoms with Crippen molar-refractivity contribution in [3.05, 3.63) is 29.8 Å². The highest BCUT2D eigenvalue weighted by molar-refractivity contribution is 5.78. The number of nitrogens with zero attached hydrogens (tertiary/aromatic N) is 1. The van der Waals surface area contributed by atoms with Crippen LogP contribution in [-0.4, -0.2) is 34.7 Å². The summed E-state index contributed by atoms with van der Waals surface area (Å²) in [7, 11) is 0. The number of anilines is 1. The fourth-order valence-electron chi connectivity index (χ4n) is 1.71. The fraction of sp³-hybridized carbons (Fsp3) is 0.385. The smallest absolute Gasteiger partial charge is 0.326 e. The lowest BCUT2D eigenvalue weighted by molar-refractivity contribution is -0.142. The molecule has 0 aliphatic rings. The first kappa shape index (κ1) is 15.9. The van der Waals surface area contributed by atoms with Gasteiger partial charge in [0.1, 0.15) is 23.4 Å². The Morgan fingerprint density at radius 2 is 1.65 bits per heavy atom. The maximum Gasteiger partial charge on any atom is 0.326 e. The van der Waals surface area contributed by atoms with Gasteiger partial charge in [-0.2, -0.15) is 0 Å². The summed E-state index contributed by atoms with van der Waals surface area (Å²) in [6, 6.07) is 1.87. The molecular formula is C13H15F2NO4. The van der Waals surface area contributed by atoms with Gasteiger partial charge in [-0.1, -0.05) is 13.0 Å². The van der Waals surface area contributed by atoms with Crippen molar-refractivity contribution >= 4 is 17.6 Å². The highest BCUT2D eigenvalue weighted by Crippen LogP contribution is 2.26. The largest absolute Gasteiger partial charge is 0.481 e. The Morgan fingerprint density at radius 3 is 2.05 bits per heavy atom. The van der Waals surface area contributed by atoms with Crippen molar-refractivity contribution in [2.45, 2.75) is 19.9 Å². The van der Waals surface area contributed by atoms with Gasteiger partial charge in [-0.15, -0.1) is 0 Å². The minimum atomic E-state index is -1.30. The maximum atomic E-state index is 13.8. The van der Waals surface area contributed by atoms with Crippen molar-refractivity contribution < 1.29 is 28.6 Å². The van der Waals surface area contributed by atoms with E-state index in [-0.39, 0.29) is 6.54 Å². The summed E-state index contributed by atoms with van der Waals surface area (Å²) < 4.78 is 27.5. The Kier molecular flexibility index (Phi) is 5.01. The number of halogens is 2. The van der Waals surface area contributed by atoms with E-state index < -0.39 is 41.2 Å². The molecule has 1 aromatic rings. The first-order valence-electron chi connectivity index (χ1n) is 5.92. The summed E-state index contributed by atoms with van der Waals surface area (Å²) in [5, 5.41) is 17.9. The summed E-state index contributed by atoms with van der Waals surface area (Å²) in [6.45, 7) is 2.26. The van der Waals surface area contributed by atoms with Gasteiger partial charge in [0.2, 0.25) is 0 Å². The standard InChI is InChI=1S/C13H15F2NO4/c1-7(12(17)18)6-16(8(2)13(19)20)11-9(14)4-3-5-10(11)15/h3-5,7-8H,6H2,1-2H3,(H,17,18)(H,19,20). The highest BCUT2D eigenvalue weighted by atomic mass is 19.1. The van der Waals surface area contributed by atoms with E-state index in [9.17, 15) is 18.4 Å². The van der Waals surface area contributed by atoms with Gasteiger partial charge in [-0.05, 0) is 19.1 Å². The van der Waals surface area contributed by atoms with Gasteiger partial charge in [-0.3, -0.25) is 4.79 Å². The van der Waals surface area contributed by atoms with Gasteiger partial charge in [0, 0.05) is 6.54 Å². The molecule has 2 N–H and O–H groups in total. The molecule has 1 aromatic carbocycles. The molecule has 0 amide bonds. The molecule has 0 aliphatic carbocycles. The van der Waals surface area contributed by atoms with Crippen LogP contribution < -0.4 is 4.90 Å². The molecule has 0 spiro atoms. The SMILES string of the molecule is CC(CN(c1c(F)cccc1F)C(C)C(=O)O)C(=O)O. The molecule has 0 bridgehead atoms. The van der Waals surface area contributed by atoms with Crippen LogP contribution in [0, 0.1) is 17.6 Å². The number of carboxylic acids is 2. The van der Waals surface area contributed by atoms with Gasteiger partial charge < -0.3 is 15.1 Å². The van der Waals surface area contributed by atoms with E-state index in [0.29, 0.717) is 0 Å². The number of carbonyl (C=O) groups is 2.